The van der Waals surface area contributed by atoms with Crippen LogP contribution in [0.15, 0.2) is 60.7 Å². The van der Waals surface area contributed by atoms with Crippen molar-refractivity contribution in [3.05, 3.63) is 65.7 Å². The zero-order valence-corrected chi connectivity index (χ0v) is 11.8. The first-order chi connectivity index (χ1) is 10.3. The van der Waals surface area contributed by atoms with Crippen LogP contribution >= 0.6 is 11.6 Å². The van der Waals surface area contributed by atoms with Gasteiger partial charge in [0.1, 0.15) is 0 Å². The van der Waals surface area contributed by atoms with Gasteiger partial charge in [-0.25, -0.2) is 0 Å². The van der Waals surface area contributed by atoms with Gasteiger partial charge in [-0.2, -0.15) is 0 Å². The smallest absolute Gasteiger partial charge is 0.152 e. The van der Waals surface area contributed by atoms with Gasteiger partial charge in [-0.1, -0.05) is 35.9 Å². The zero-order valence-electron chi connectivity index (χ0n) is 11.0. The van der Waals surface area contributed by atoms with Crippen molar-refractivity contribution >= 4 is 33.4 Å². The van der Waals surface area contributed by atoms with E-state index in [1.807, 2.05) is 42.5 Å². The van der Waals surface area contributed by atoms with Crippen LogP contribution in [0, 0.1) is 0 Å². The third-order valence-electron chi connectivity index (χ3n) is 4.04. The number of ether oxygens (including phenoxy) is 1. The Kier molecular flexibility index (Phi) is 2.04. The molecule has 0 atom stereocenters. The molecule has 0 amide bonds. The minimum Gasteiger partial charge on any atom is -0.453 e. The highest BCUT2D eigenvalue weighted by Gasteiger charge is 2.22. The van der Waals surface area contributed by atoms with Crippen LogP contribution < -0.4 is 4.74 Å². The molecular weight excluding hydrogens is 282 g/mol. The van der Waals surface area contributed by atoms with E-state index in [0.29, 0.717) is 0 Å². The summed E-state index contributed by atoms with van der Waals surface area (Å²) in [5.41, 5.74) is 3.32. The number of hydrogen-bond donors (Lipinski definition) is 0. The number of para-hydroxylation sites is 3. The Morgan fingerprint density at radius 2 is 1.67 bits per heavy atom. The molecule has 0 spiro atoms. The van der Waals surface area contributed by atoms with Gasteiger partial charge in [-0.15, -0.1) is 0 Å². The predicted octanol–water partition coefficient (Wildman–Crippen LogP) is 5.54. The number of hydrogen-bond acceptors (Lipinski definition) is 1. The molecule has 4 aromatic rings. The molecule has 1 aliphatic rings. The summed E-state index contributed by atoms with van der Waals surface area (Å²) in [7, 11) is 0. The first kappa shape index (κ1) is 11.2. The molecule has 5 rings (SSSR count). The Balaban J connectivity index is 2.10. The lowest BCUT2D eigenvalue weighted by atomic mass is 10.1. The summed E-state index contributed by atoms with van der Waals surface area (Å²) < 4.78 is 8.31. The highest BCUT2D eigenvalue weighted by atomic mass is 35.5. The van der Waals surface area contributed by atoms with E-state index in [1.165, 1.54) is 5.39 Å². The van der Waals surface area contributed by atoms with Crippen molar-refractivity contribution < 1.29 is 4.74 Å². The lowest BCUT2D eigenvalue weighted by Gasteiger charge is -2.20. The van der Waals surface area contributed by atoms with Crippen LogP contribution in [-0.2, 0) is 0 Å². The predicted molar refractivity (Wildman–Crippen MR) is 85.9 cm³/mol. The monoisotopic (exact) mass is 291 g/mol. The van der Waals surface area contributed by atoms with Gasteiger partial charge in [0.2, 0.25) is 0 Å². The van der Waals surface area contributed by atoms with Crippen molar-refractivity contribution in [2.45, 2.75) is 0 Å². The zero-order chi connectivity index (χ0) is 14.0. The second-order valence-electron chi connectivity index (χ2n) is 5.22. The highest BCUT2D eigenvalue weighted by molar-refractivity contribution is 6.32. The van der Waals surface area contributed by atoms with Crippen molar-refractivity contribution in [1.29, 1.82) is 0 Å². The highest BCUT2D eigenvalue weighted by Crippen LogP contribution is 2.45. The second-order valence-corrected chi connectivity index (χ2v) is 5.66. The van der Waals surface area contributed by atoms with Crippen LogP contribution in [0.4, 0.5) is 0 Å². The van der Waals surface area contributed by atoms with Gasteiger partial charge in [0.05, 0.1) is 16.7 Å². The molecule has 0 saturated heterocycles. The number of fused-ring (bicyclic) bond motifs is 5. The summed E-state index contributed by atoms with van der Waals surface area (Å²) in [6, 6.07) is 20.3. The van der Waals surface area contributed by atoms with Crippen LogP contribution in [-0.4, -0.2) is 4.57 Å². The van der Waals surface area contributed by atoms with Crippen LogP contribution in [0.2, 0.25) is 5.02 Å². The van der Waals surface area contributed by atoms with Gasteiger partial charge in [0, 0.05) is 15.8 Å². The second kappa shape index (κ2) is 3.80. The first-order valence-electron chi connectivity index (χ1n) is 6.83. The number of halogens is 1. The number of aromatic nitrogens is 1. The van der Waals surface area contributed by atoms with Crippen LogP contribution in [0.1, 0.15) is 0 Å². The van der Waals surface area contributed by atoms with Crippen molar-refractivity contribution in [1.82, 2.24) is 4.57 Å². The molecule has 21 heavy (non-hydrogen) atoms. The quantitative estimate of drug-likeness (QED) is 0.365. The molecule has 0 radical (unpaired) electrons. The molecule has 100 valence electrons. The van der Waals surface area contributed by atoms with Gasteiger partial charge in [-0.05, 0) is 36.4 Å². The summed E-state index contributed by atoms with van der Waals surface area (Å²) in [6.45, 7) is 0. The molecule has 0 N–H and O–H groups in total. The van der Waals surface area contributed by atoms with E-state index in [9.17, 15) is 0 Å². The van der Waals surface area contributed by atoms with E-state index in [4.69, 9.17) is 16.3 Å². The van der Waals surface area contributed by atoms with Crippen molar-refractivity contribution in [3.8, 4) is 17.2 Å². The topological polar surface area (TPSA) is 14.2 Å². The summed E-state index contributed by atoms with van der Waals surface area (Å²) in [5.74, 6) is 1.77. The van der Waals surface area contributed by atoms with E-state index in [2.05, 4.69) is 22.8 Å². The molecular formula is C18H10ClNO. The number of rotatable bonds is 0. The summed E-state index contributed by atoms with van der Waals surface area (Å²) in [6.07, 6.45) is 0. The van der Waals surface area contributed by atoms with Gasteiger partial charge in [0.25, 0.3) is 0 Å². The largest absolute Gasteiger partial charge is 0.453 e. The molecule has 1 aliphatic heterocycles. The third kappa shape index (κ3) is 1.38. The molecule has 0 fully saturated rings. The maximum atomic E-state index is 6.19. The van der Waals surface area contributed by atoms with Crippen molar-refractivity contribution in [2.75, 3.05) is 0 Å². The fourth-order valence-corrected chi connectivity index (χ4v) is 3.36. The Morgan fingerprint density at radius 3 is 2.62 bits per heavy atom. The standard InChI is InChI=1S/C18H10ClNO/c19-11-8-9-14-13(10-11)12-4-3-7-17-18(12)20(14)15-5-1-2-6-16(15)21-17/h1-10H. The van der Waals surface area contributed by atoms with E-state index in [1.54, 1.807) is 0 Å². The summed E-state index contributed by atoms with van der Waals surface area (Å²) in [5, 5.41) is 3.07. The fraction of sp³-hybridized carbons (Fsp3) is 0. The average molecular weight is 292 g/mol. The molecule has 0 saturated carbocycles. The van der Waals surface area contributed by atoms with Crippen molar-refractivity contribution in [2.24, 2.45) is 0 Å². The molecule has 2 nitrogen and oxygen atoms in total. The van der Waals surface area contributed by atoms with E-state index >= 15 is 0 Å². The molecule has 3 aromatic carbocycles. The van der Waals surface area contributed by atoms with Gasteiger partial charge in [-0.3, -0.25) is 0 Å². The maximum absolute atomic E-state index is 6.19. The third-order valence-corrected chi connectivity index (χ3v) is 4.27. The Labute approximate surface area is 126 Å². The normalized spacial score (nSPS) is 12.4. The molecule has 3 heteroatoms. The Bertz CT molecular complexity index is 1030. The van der Waals surface area contributed by atoms with E-state index < -0.39 is 0 Å². The fourth-order valence-electron chi connectivity index (χ4n) is 3.19. The minimum atomic E-state index is 0.750. The van der Waals surface area contributed by atoms with E-state index in [-0.39, 0.29) is 0 Å². The number of nitrogens with zero attached hydrogens (tertiary/aromatic N) is 1. The molecule has 0 aliphatic carbocycles. The van der Waals surface area contributed by atoms with Gasteiger partial charge >= 0.3 is 0 Å². The van der Waals surface area contributed by atoms with Crippen LogP contribution in [0.3, 0.4) is 0 Å². The molecule has 1 aromatic heterocycles. The Morgan fingerprint density at radius 1 is 0.810 bits per heavy atom. The summed E-state index contributed by atoms with van der Waals surface area (Å²) >= 11 is 6.19. The van der Waals surface area contributed by atoms with Crippen molar-refractivity contribution in [3.63, 3.8) is 0 Å². The summed E-state index contributed by atoms with van der Waals surface area (Å²) in [4.78, 5) is 0. The molecule has 0 unspecified atom stereocenters. The van der Waals surface area contributed by atoms with E-state index in [0.717, 1.165) is 38.6 Å². The lowest BCUT2D eigenvalue weighted by Crippen LogP contribution is -2.03. The SMILES string of the molecule is Clc1ccc2c(c1)c1cccc3c1n2-c1ccccc1O3. The molecule has 2 heterocycles. The lowest BCUT2D eigenvalue weighted by molar-refractivity contribution is 0.476. The average Bonchev–Trinajstić information content (AvgIpc) is 2.84. The Hall–Kier alpha value is -2.45. The maximum Gasteiger partial charge on any atom is 0.152 e. The minimum absolute atomic E-state index is 0.750. The van der Waals surface area contributed by atoms with Crippen LogP contribution in [0.5, 0.6) is 11.5 Å². The number of benzene rings is 3. The van der Waals surface area contributed by atoms with Gasteiger partial charge in [0.15, 0.2) is 11.5 Å². The molecule has 0 bridgehead atoms. The first-order valence-corrected chi connectivity index (χ1v) is 7.21. The van der Waals surface area contributed by atoms with Gasteiger partial charge < -0.3 is 9.30 Å². The van der Waals surface area contributed by atoms with Crippen LogP contribution in [0.25, 0.3) is 27.5 Å².